The Balaban J connectivity index is 1.79. The number of carbonyl (C=O) groups is 1. The Morgan fingerprint density at radius 2 is 2.04 bits per heavy atom. The molecule has 2 aromatic heterocycles. The van der Waals surface area contributed by atoms with Crippen LogP contribution < -0.4 is 10.0 Å². The molecule has 0 aliphatic heterocycles. The molecule has 27 heavy (non-hydrogen) atoms. The number of nitrogens with zero attached hydrogens (tertiary/aromatic N) is 2. The molecule has 140 valence electrons. The first-order chi connectivity index (χ1) is 12.7. The highest BCUT2D eigenvalue weighted by Crippen LogP contribution is 2.28. The Labute approximate surface area is 163 Å². The van der Waals surface area contributed by atoms with Crippen LogP contribution in [0.3, 0.4) is 0 Å². The second-order valence-corrected chi connectivity index (χ2v) is 8.23. The first-order valence-corrected chi connectivity index (χ1v) is 10.2. The van der Waals surface area contributed by atoms with Crippen molar-refractivity contribution in [3.63, 3.8) is 0 Å². The van der Waals surface area contributed by atoms with Gasteiger partial charge in [-0.1, -0.05) is 17.7 Å². The summed E-state index contributed by atoms with van der Waals surface area (Å²) >= 11 is 6.70. The highest BCUT2D eigenvalue weighted by Gasteiger charge is 2.18. The summed E-state index contributed by atoms with van der Waals surface area (Å²) in [5, 5.41) is 3.95. The zero-order chi connectivity index (χ0) is 19.6. The summed E-state index contributed by atoms with van der Waals surface area (Å²) < 4.78 is 40.7. The Morgan fingerprint density at radius 1 is 1.26 bits per heavy atom. The molecule has 2 N–H and O–H groups in total. The zero-order valence-corrected chi connectivity index (χ0v) is 16.1. The fraction of sp³-hybridized carbons (Fsp3) is 0.0625. The molecule has 0 unspecified atom stereocenters. The number of pyridine rings is 1. The molecule has 0 aliphatic carbocycles. The predicted octanol–water partition coefficient (Wildman–Crippen LogP) is 3.76. The lowest BCUT2D eigenvalue weighted by atomic mass is 10.2. The quantitative estimate of drug-likeness (QED) is 0.646. The molecule has 0 spiro atoms. The van der Waals surface area contributed by atoms with Crippen molar-refractivity contribution in [2.75, 3.05) is 10.0 Å². The van der Waals surface area contributed by atoms with E-state index in [1.165, 1.54) is 37.4 Å². The largest absolute Gasteiger partial charge is 0.325 e. The summed E-state index contributed by atoms with van der Waals surface area (Å²) in [6.45, 7) is 1.33. The maximum absolute atomic E-state index is 13.6. The number of amides is 1. The smallest absolute Gasteiger partial charge is 0.281 e. The van der Waals surface area contributed by atoms with E-state index in [1.807, 2.05) is 0 Å². The summed E-state index contributed by atoms with van der Waals surface area (Å²) in [7, 11) is -3.96. The molecule has 3 aromatic rings. The van der Waals surface area contributed by atoms with Crippen LogP contribution in [-0.2, 0) is 14.8 Å². The van der Waals surface area contributed by atoms with Gasteiger partial charge in [0.25, 0.3) is 10.0 Å². The van der Waals surface area contributed by atoms with Crippen LogP contribution >= 0.6 is 22.9 Å². The number of hydrogen-bond donors (Lipinski definition) is 2. The predicted molar refractivity (Wildman–Crippen MR) is 102 cm³/mol. The molecular weight excluding hydrogens is 415 g/mol. The normalized spacial score (nSPS) is 11.2. The average molecular weight is 427 g/mol. The second-order valence-electron chi connectivity index (χ2n) is 5.34. The minimum absolute atomic E-state index is 0.0105. The van der Waals surface area contributed by atoms with Gasteiger partial charge >= 0.3 is 0 Å². The van der Waals surface area contributed by atoms with Gasteiger partial charge in [0.15, 0.2) is 10.2 Å². The highest BCUT2D eigenvalue weighted by molar-refractivity contribution is 7.92. The van der Waals surface area contributed by atoms with Gasteiger partial charge in [0.2, 0.25) is 5.91 Å². The van der Waals surface area contributed by atoms with Gasteiger partial charge in [-0.3, -0.25) is 9.52 Å². The lowest BCUT2D eigenvalue weighted by Gasteiger charge is -2.06. The van der Waals surface area contributed by atoms with Crippen LogP contribution in [0.4, 0.5) is 15.2 Å². The number of halogens is 2. The van der Waals surface area contributed by atoms with Crippen LogP contribution in [0.15, 0.2) is 46.9 Å². The molecule has 0 bridgehead atoms. The molecule has 3 rings (SSSR count). The Hall–Kier alpha value is -2.56. The maximum atomic E-state index is 13.6. The van der Waals surface area contributed by atoms with E-state index in [9.17, 15) is 17.6 Å². The Morgan fingerprint density at radius 3 is 2.67 bits per heavy atom. The number of thiazole rings is 1. The first-order valence-electron chi connectivity index (χ1n) is 7.42. The van der Waals surface area contributed by atoms with Crippen LogP contribution in [0.2, 0.25) is 5.02 Å². The standard InChI is InChI=1S/C16H12ClFN4O3S2/c1-9(23)20-11-3-5-15(19-7-11)27(24,25)22-16-21-14(8-26-16)10-2-4-12(17)13(18)6-10/h2-8H,1H3,(H,20,23)(H,21,22). The fourth-order valence-corrected chi connectivity index (χ4v) is 4.11. The van der Waals surface area contributed by atoms with Gasteiger partial charge in [0, 0.05) is 17.9 Å². The van der Waals surface area contributed by atoms with Crippen LogP contribution in [0, 0.1) is 5.82 Å². The molecule has 0 saturated heterocycles. The number of anilines is 2. The molecule has 2 heterocycles. The fourth-order valence-electron chi connectivity index (χ4n) is 2.09. The summed E-state index contributed by atoms with van der Waals surface area (Å²) in [4.78, 5) is 19.0. The van der Waals surface area contributed by atoms with Gasteiger partial charge in [0.05, 0.1) is 22.6 Å². The highest BCUT2D eigenvalue weighted by atomic mass is 35.5. The summed E-state index contributed by atoms with van der Waals surface area (Å²) in [6, 6.07) is 6.89. The minimum Gasteiger partial charge on any atom is -0.325 e. The van der Waals surface area contributed by atoms with Gasteiger partial charge in [-0.25, -0.2) is 14.4 Å². The van der Waals surface area contributed by atoms with Gasteiger partial charge in [-0.15, -0.1) is 11.3 Å². The van der Waals surface area contributed by atoms with Gasteiger partial charge in [0.1, 0.15) is 5.82 Å². The van der Waals surface area contributed by atoms with Crippen molar-refractivity contribution in [2.45, 2.75) is 11.9 Å². The number of nitrogens with one attached hydrogen (secondary N) is 2. The average Bonchev–Trinajstić information content (AvgIpc) is 3.05. The monoisotopic (exact) mass is 426 g/mol. The molecule has 1 amide bonds. The SMILES string of the molecule is CC(=O)Nc1ccc(S(=O)(=O)Nc2nc(-c3ccc(Cl)c(F)c3)cs2)nc1. The van der Waals surface area contributed by atoms with Gasteiger partial charge in [-0.2, -0.15) is 8.42 Å². The zero-order valence-electron chi connectivity index (χ0n) is 13.7. The number of carbonyl (C=O) groups excluding carboxylic acids is 1. The van der Waals surface area contributed by atoms with Crippen molar-refractivity contribution < 1.29 is 17.6 Å². The van der Waals surface area contributed by atoms with Gasteiger partial charge < -0.3 is 5.32 Å². The van der Waals surface area contributed by atoms with E-state index in [0.717, 1.165) is 11.3 Å². The molecule has 0 saturated carbocycles. The van der Waals surface area contributed by atoms with E-state index in [4.69, 9.17) is 11.6 Å². The van der Waals surface area contributed by atoms with Crippen molar-refractivity contribution in [3.05, 3.63) is 52.7 Å². The molecule has 0 aliphatic rings. The van der Waals surface area contributed by atoms with Gasteiger partial charge in [-0.05, 0) is 24.3 Å². The first kappa shape index (κ1) is 19.2. The van der Waals surface area contributed by atoms with Crippen molar-refractivity contribution in [1.29, 1.82) is 0 Å². The summed E-state index contributed by atoms with van der Waals surface area (Å²) in [5.41, 5.74) is 1.25. The van der Waals surface area contributed by atoms with E-state index in [1.54, 1.807) is 11.4 Å². The Kier molecular flexibility index (Phi) is 5.40. The van der Waals surface area contributed by atoms with E-state index in [0.29, 0.717) is 16.9 Å². The molecule has 1 aromatic carbocycles. The minimum atomic E-state index is -3.96. The Bertz CT molecular complexity index is 1100. The number of rotatable bonds is 5. The van der Waals surface area contributed by atoms with Crippen molar-refractivity contribution >= 4 is 49.7 Å². The lowest BCUT2D eigenvalue weighted by Crippen LogP contribution is -2.14. The summed E-state index contributed by atoms with van der Waals surface area (Å²) in [6.07, 6.45) is 1.24. The maximum Gasteiger partial charge on any atom is 0.281 e. The third-order valence-corrected chi connectivity index (χ3v) is 5.72. The number of hydrogen-bond acceptors (Lipinski definition) is 6. The van der Waals surface area contributed by atoms with Crippen LogP contribution in [0.25, 0.3) is 11.3 Å². The topological polar surface area (TPSA) is 101 Å². The van der Waals surface area contributed by atoms with Crippen molar-refractivity contribution in [1.82, 2.24) is 9.97 Å². The van der Waals surface area contributed by atoms with Crippen molar-refractivity contribution in [2.24, 2.45) is 0 Å². The van der Waals surface area contributed by atoms with E-state index >= 15 is 0 Å². The van der Waals surface area contributed by atoms with E-state index in [2.05, 4.69) is 20.0 Å². The van der Waals surface area contributed by atoms with Crippen molar-refractivity contribution in [3.8, 4) is 11.3 Å². The molecule has 7 nitrogen and oxygen atoms in total. The molecule has 11 heteroatoms. The molecule has 0 radical (unpaired) electrons. The van der Waals surface area contributed by atoms with E-state index in [-0.39, 0.29) is 21.1 Å². The lowest BCUT2D eigenvalue weighted by molar-refractivity contribution is -0.114. The van der Waals surface area contributed by atoms with Crippen LogP contribution in [0.1, 0.15) is 6.92 Å². The third-order valence-electron chi connectivity index (χ3n) is 3.27. The summed E-state index contributed by atoms with van der Waals surface area (Å²) in [5.74, 6) is -0.882. The molecule has 0 fully saturated rings. The molecule has 0 atom stereocenters. The van der Waals surface area contributed by atoms with Crippen LogP contribution in [-0.4, -0.2) is 24.3 Å². The number of sulfonamides is 1. The second kappa shape index (κ2) is 7.59. The number of benzene rings is 1. The third kappa shape index (κ3) is 4.59. The number of aromatic nitrogens is 2. The van der Waals surface area contributed by atoms with E-state index < -0.39 is 15.8 Å². The molecular formula is C16H12ClFN4O3S2. The van der Waals surface area contributed by atoms with Crippen LogP contribution in [0.5, 0.6) is 0 Å².